The van der Waals surface area contributed by atoms with Crippen molar-refractivity contribution < 1.29 is 9.31 Å². The van der Waals surface area contributed by atoms with E-state index in [1.807, 2.05) is 0 Å². The summed E-state index contributed by atoms with van der Waals surface area (Å²) in [4.78, 5) is 10.4. The average molecular weight is 288 g/mol. The van der Waals surface area contributed by atoms with Crippen LogP contribution in [0.5, 0.6) is 0 Å². The van der Waals surface area contributed by atoms with Gasteiger partial charge in [0.15, 0.2) is 0 Å². The third-order valence-corrected chi connectivity index (χ3v) is 3.43. The van der Waals surface area contributed by atoms with E-state index in [4.69, 9.17) is 11.6 Å². The minimum Gasteiger partial charge on any atom is -0.375 e. The van der Waals surface area contributed by atoms with Gasteiger partial charge in [-0.1, -0.05) is 18.0 Å². The molecule has 19 heavy (non-hydrogen) atoms. The maximum absolute atomic E-state index is 13.4. The van der Waals surface area contributed by atoms with Crippen LogP contribution in [0.3, 0.4) is 0 Å². The first-order valence-corrected chi connectivity index (χ1v) is 6.56. The van der Waals surface area contributed by atoms with Crippen LogP contribution in [-0.4, -0.2) is 24.1 Å². The van der Waals surface area contributed by atoms with Crippen molar-refractivity contribution >= 4 is 23.0 Å². The Balaban J connectivity index is 2.22. The predicted molar refractivity (Wildman–Crippen MR) is 72.2 cm³/mol. The van der Waals surface area contributed by atoms with Gasteiger partial charge in [-0.3, -0.25) is 10.1 Å². The lowest BCUT2D eigenvalue weighted by molar-refractivity contribution is -0.384. The molecule has 1 aromatic carbocycles. The molecule has 104 valence electrons. The molecular formula is C12H15ClFN3O2. The van der Waals surface area contributed by atoms with Gasteiger partial charge in [-0.2, -0.15) is 0 Å². The molecule has 0 aromatic heterocycles. The third-order valence-electron chi connectivity index (χ3n) is 3.14. The quantitative estimate of drug-likeness (QED) is 0.662. The second kappa shape index (κ2) is 6.16. The average Bonchev–Trinajstić information content (AvgIpc) is 2.62. The SMILES string of the molecule is O=[N+]([O-])c1cc(Cl)c(F)cc1NC1CCCCNC1. The molecule has 1 heterocycles. The summed E-state index contributed by atoms with van der Waals surface area (Å²) in [6.07, 6.45) is 3.01. The van der Waals surface area contributed by atoms with Crippen LogP contribution >= 0.6 is 11.6 Å². The van der Waals surface area contributed by atoms with Crippen molar-refractivity contribution in [2.24, 2.45) is 0 Å². The molecule has 2 N–H and O–H groups in total. The van der Waals surface area contributed by atoms with Crippen molar-refractivity contribution in [1.29, 1.82) is 0 Å². The van der Waals surface area contributed by atoms with Gasteiger partial charge in [0.1, 0.15) is 11.5 Å². The van der Waals surface area contributed by atoms with E-state index in [9.17, 15) is 14.5 Å². The minimum absolute atomic E-state index is 0.0572. The second-order valence-electron chi connectivity index (χ2n) is 4.58. The lowest BCUT2D eigenvalue weighted by Crippen LogP contribution is -2.31. The fourth-order valence-corrected chi connectivity index (χ4v) is 2.32. The molecule has 0 spiro atoms. The third kappa shape index (κ3) is 3.54. The molecule has 0 saturated carbocycles. The van der Waals surface area contributed by atoms with Crippen LogP contribution in [0.2, 0.25) is 5.02 Å². The highest BCUT2D eigenvalue weighted by Gasteiger charge is 2.21. The van der Waals surface area contributed by atoms with Gasteiger partial charge < -0.3 is 10.6 Å². The zero-order chi connectivity index (χ0) is 13.8. The number of nitro benzene ring substituents is 1. The number of hydrogen-bond acceptors (Lipinski definition) is 4. The first-order chi connectivity index (χ1) is 9.08. The Hall–Kier alpha value is -1.40. The number of rotatable bonds is 3. The molecule has 7 heteroatoms. The van der Waals surface area contributed by atoms with E-state index < -0.39 is 10.7 Å². The van der Waals surface area contributed by atoms with Crippen molar-refractivity contribution in [3.63, 3.8) is 0 Å². The Labute approximate surface area is 115 Å². The zero-order valence-corrected chi connectivity index (χ0v) is 11.0. The summed E-state index contributed by atoms with van der Waals surface area (Å²) in [5.41, 5.74) is -0.0174. The molecule has 1 aliphatic rings. The van der Waals surface area contributed by atoms with Crippen molar-refractivity contribution in [2.75, 3.05) is 18.4 Å². The molecule has 1 aromatic rings. The molecular weight excluding hydrogens is 273 g/mol. The molecule has 0 radical (unpaired) electrons. The van der Waals surface area contributed by atoms with Gasteiger partial charge in [0.25, 0.3) is 5.69 Å². The topological polar surface area (TPSA) is 67.2 Å². The Morgan fingerprint density at radius 3 is 3.00 bits per heavy atom. The molecule has 0 amide bonds. The van der Waals surface area contributed by atoms with Gasteiger partial charge in [-0.15, -0.1) is 0 Å². The van der Waals surface area contributed by atoms with Crippen LogP contribution in [-0.2, 0) is 0 Å². The Bertz CT molecular complexity index is 476. The highest BCUT2D eigenvalue weighted by Crippen LogP contribution is 2.31. The van der Waals surface area contributed by atoms with E-state index in [1.165, 1.54) is 0 Å². The molecule has 1 fully saturated rings. The summed E-state index contributed by atoms with van der Waals surface area (Å²) < 4.78 is 13.4. The summed E-state index contributed by atoms with van der Waals surface area (Å²) >= 11 is 5.58. The first-order valence-electron chi connectivity index (χ1n) is 6.18. The summed E-state index contributed by atoms with van der Waals surface area (Å²) in [5.74, 6) is -0.656. The molecule has 1 atom stereocenters. The fraction of sp³-hybridized carbons (Fsp3) is 0.500. The van der Waals surface area contributed by atoms with E-state index in [2.05, 4.69) is 10.6 Å². The van der Waals surface area contributed by atoms with E-state index >= 15 is 0 Å². The van der Waals surface area contributed by atoms with Crippen molar-refractivity contribution in [2.45, 2.75) is 25.3 Å². The lowest BCUT2D eigenvalue weighted by Gasteiger charge is -2.17. The highest BCUT2D eigenvalue weighted by molar-refractivity contribution is 6.31. The van der Waals surface area contributed by atoms with Crippen LogP contribution in [0.15, 0.2) is 12.1 Å². The summed E-state index contributed by atoms with van der Waals surface area (Å²) in [6, 6.07) is 2.19. The minimum atomic E-state index is -0.656. The Morgan fingerprint density at radius 1 is 1.47 bits per heavy atom. The Morgan fingerprint density at radius 2 is 2.26 bits per heavy atom. The highest BCUT2D eigenvalue weighted by atomic mass is 35.5. The summed E-state index contributed by atoms with van der Waals surface area (Å²) in [5, 5.41) is 17.0. The zero-order valence-electron chi connectivity index (χ0n) is 10.3. The van der Waals surface area contributed by atoms with Crippen LogP contribution in [0.1, 0.15) is 19.3 Å². The van der Waals surface area contributed by atoms with E-state index in [0.717, 1.165) is 37.9 Å². The molecule has 1 unspecified atom stereocenters. The number of hydrogen-bond donors (Lipinski definition) is 2. The maximum Gasteiger partial charge on any atom is 0.294 e. The van der Waals surface area contributed by atoms with E-state index in [0.29, 0.717) is 6.54 Å². The number of nitro groups is 1. The number of benzene rings is 1. The van der Waals surface area contributed by atoms with Crippen LogP contribution in [0, 0.1) is 15.9 Å². The lowest BCUT2D eigenvalue weighted by atomic mass is 10.1. The molecule has 1 aliphatic heterocycles. The van der Waals surface area contributed by atoms with E-state index in [-0.39, 0.29) is 22.4 Å². The van der Waals surface area contributed by atoms with Crippen molar-refractivity contribution in [3.8, 4) is 0 Å². The van der Waals surface area contributed by atoms with E-state index in [1.54, 1.807) is 0 Å². The fourth-order valence-electron chi connectivity index (χ4n) is 2.17. The van der Waals surface area contributed by atoms with Crippen LogP contribution in [0.4, 0.5) is 15.8 Å². The van der Waals surface area contributed by atoms with Crippen LogP contribution in [0.25, 0.3) is 0 Å². The molecule has 0 bridgehead atoms. The van der Waals surface area contributed by atoms with Crippen molar-refractivity contribution in [3.05, 3.63) is 33.1 Å². The maximum atomic E-state index is 13.4. The molecule has 1 saturated heterocycles. The first kappa shape index (κ1) is 14.0. The van der Waals surface area contributed by atoms with Gasteiger partial charge in [-0.05, 0) is 19.4 Å². The summed E-state index contributed by atoms with van der Waals surface area (Å²) in [7, 11) is 0. The standard InChI is InChI=1S/C12H15ClFN3O2/c13-9-5-12(17(18)19)11(6-10(9)14)16-8-3-1-2-4-15-7-8/h5-6,8,15-16H,1-4,7H2. The van der Waals surface area contributed by atoms with Gasteiger partial charge >= 0.3 is 0 Å². The second-order valence-corrected chi connectivity index (χ2v) is 4.99. The molecule has 2 rings (SSSR count). The number of nitrogens with one attached hydrogen (secondary N) is 2. The van der Waals surface area contributed by atoms with Gasteiger partial charge in [0, 0.05) is 24.7 Å². The molecule has 0 aliphatic carbocycles. The number of anilines is 1. The smallest absolute Gasteiger partial charge is 0.294 e. The van der Waals surface area contributed by atoms with Gasteiger partial charge in [0.05, 0.1) is 9.95 Å². The summed E-state index contributed by atoms with van der Waals surface area (Å²) in [6.45, 7) is 1.65. The van der Waals surface area contributed by atoms with Crippen LogP contribution < -0.4 is 10.6 Å². The van der Waals surface area contributed by atoms with Gasteiger partial charge in [0.2, 0.25) is 0 Å². The molecule has 5 nitrogen and oxygen atoms in total. The number of halogens is 2. The predicted octanol–water partition coefficient (Wildman–Crippen LogP) is 2.94. The largest absolute Gasteiger partial charge is 0.375 e. The van der Waals surface area contributed by atoms with Gasteiger partial charge in [-0.25, -0.2) is 4.39 Å². The Kier molecular flexibility index (Phi) is 4.55. The monoisotopic (exact) mass is 287 g/mol. The van der Waals surface area contributed by atoms with Crippen molar-refractivity contribution in [1.82, 2.24) is 5.32 Å². The normalized spacial score (nSPS) is 19.8. The number of nitrogens with zero attached hydrogens (tertiary/aromatic N) is 1.